The van der Waals surface area contributed by atoms with Crippen molar-refractivity contribution in [3.63, 3.8) is 0 Å². The Bertz CT molecular complexity index is 866. The summed E-state index contributed by atoms with van der Waals surface area (Å²) in [5.74, 6) is 1.90. The van der Waals surface area contributed by atoms with Gasteiger partial charge < -0.3 is 0 Å². The second-order valence-corrected chi connectivity index (χ2v) is 9.20. The third-order valence-corrected chi connectivity index (χ3v) is 7.25. The molecule has 2 saturated carbocycles. The largest absolute Gasteiger partial charge is 0.206 e. The van der Waals surface area contributed by atoms with E-state index >= 15 is 4.39 Å². The molecule has 2 aromatic carbocycles. The summed E-state index contributed by atoms with van der Waals surface area (Å²) in [7, 11) is 0. The SMILES string of the molecule is C/C=C/CCc1cc(F)c2c(F)c([C@@H]3CC[C@@H]4CC(C)CCC4C3)ccc2c1. The van der Waals surface area contributed by atoms with Gasteiger partial charge in [0.15, 0.2) is 0 Å². The van der Waals surface area contributed by atoms with E-state index in [4.69, 9.17) is 0 Å². The van der Waals surface area contributed by atoms with Gasteiger partial charge in [0.05, 0.1) is 5.39 Å². The molecular weight excluding hydrogens is 350 g/mol. The van der Waals surface area contributed by atoms with Gasteiger partial charge in [-0.25, -0.2) is 8.78 Å². The van der Waals surface area contributed by atoms with E-state index in [-0.39, 0.29) is 17.1 Å². The lowest BCUT2D eigenvalue weighted by molar-refractivity contribution is 0.124. The van der Waals surface area contributed by atoms with Crippen LogP contribution in [0.2, 0.25) is 0 Å². The predicted molar refractivity (Wildman–Crippen MR) is 114 cm³/mol. The molecule has 2 aromatic rings. The molecule has 0 radical (unpaired) electrons. The molecule has 4 rings (SSSR count). The normalized spacial score (nSPS) is 28.0. The fourth-order valence-electron chi connectivity index (χ4n) is 5.73. The van der Waals surface area contributed by atoms with Gasteiger partial charge in [0.25, 0.3) is 0 Å². The molecule has 150 valence electrons. The molecule has 0 bridgehead atoms. The van der Waals surface area contributed by atoms with Crippen molar-refractivity contribution in [3.8, 4) is 0 Å². The van der Waals surface area contributed by atoms with Crippen molar-refractivity contribution < 1.29 is 8.78 Å². The van der Waals surface area contributed by atoms with Crippen LogP contribution in [-0.4, -0.2) is 0 Å². The summed E-state index contributed by atoms with van der Waals surface area (Å²) in [6, 6.07) is 7.35. The van der Waals surface area contributed by atoms with E-state index in [2.05, 4.69) is 13.0 Å². The van der Waals surface area contributed by atoms with E-state index in [0.29, 0.717) is 5.39 Å². The zero-order valence-corrected chi connectivity index (χ0v) is 17.2. The molecular formula is C26H32F2. The highest BCUT2D eigenvalue weighted by molar-refractivity contribution is 5.85. The smallest absolute Gasteiger partial charge is 0.137 e. The summed E-state index contributed by atoms with van der Waals surface area (Å²) in [5.41, 5.74) is 1.68. The fourth-order valence-corrected chi connectivity index (χ4v) is 5.73. The van der Waals surface area contributed by atoms with Crippen molar-refractivity contribution in [3.05, 3.63) is 59.2 Å². The Balaban J connectivity index is 1.59. The molecule has 0 spiro atoms. The van der Waals surface area contributed by atoms with Crippen LogP contribution in [0.25, 0.3) is 10.8 Å². The molecule has 2 fully saturated rings. The van der Waals surface area contributed by atoms with Gasteiger partial charge >= 0.3 is 0 Å². The molecule has 2 aliphatic rings. The van der Waals surface area contributed by atoms with E-state index in [1.807, 2.05) is 31.2 Å². The fraction of sp³-hybridized carbons (Fsp3) is 0.538. The lowest BCUT2D eigenvalue weighted by Gasteiger charge is -2.41. The number of hydrogen-bond acceptors (Lipinski definition) is 0. The van der Waals surface area contributed by atoms with Gasteiger partial charge in [-0.3, -0.25) is 0 Å². The van der Waals surface area contributed by atoms with Crippen LogP contribution in [0.1, 0.15) is 75.8 Å². The highest BCUT2D eigenvalue weighted by Gasteiger charge is 2.35. The first-order valence-corrected chi connectivity index (χ1v) is 11.1. The monoisotopic (exact) mass is 382 g/mol. The van der Waals surface area contributed by atoms with Crippen LogP contribution in [0.5, 0.6) is 0 Å². The Kier molecular flexibility index (Phi) is 5.85. The average Bonchev–Trinajstić information content (AvgIpc) is 2.68. The van der Waals surface area contributed by atoms with Crippen LogP contribution < -0.4 is 0 Å². The molecule has 2 aliphatic carbocycles. The van der Waals surface area contributed by atoms with Crippen molar-refractivity contribution in [1.29, 1.82) is 0 Å². The minimum atomic E-state index is -0.410. The number of hydrogen-bond donors (Lipinski definition) is 0. The zero-order valence-electron chi connectivity index (χ0n) is 17.2. The Morgan fingerprint density at radius 2 is 1.79 bits per heavy atom. The Hall–Kier alpha value is -1.70. The number of benzene rings is 2. The van der Waals surface area contributed by atoms with Gasteiger partial charge in [-0.15, -0.1) is 0 Å². The Labute approximate surface area is 168 Å². The van der Waals surface area contributed by atoms with Gasteiger partial charge in [-0.05, 0) is 98.1 Å². The Morgan fingerprint density at radius 1 is 1.00 bits per heavy atom. The molecule has 2 heteroatoms. The maximum atomic E-state index is 15.4. The summed E-state index contributed by atoms with van der Waals surface area (Å²) >= 11 is 0. The molecule has 0 amide bonds. The van der Waals surface area contributed by atoms with Gasteiger partial charge in [-0.1, -0.05) is 43.7 Å². The first-order valence-electron chi connectivity index (χ1n) is 11.1. The van der Waals surface area contributed by atoms with Crippen molar-refractivity contribution in [2.45, 2.75) is 71.1 Å². The summed E-state index contributed by atoms with van der Waals surface area (Å²) in [5, 5.41) is 0.878. The van der Waals surface area contributed by atoms with E-state index in [0.717, 1.165) is 54.6 Å². The zero-order chi connectivity index (χ0) is 19.7. The second kappa shape index (κ2) is 8.35. The maximum Gasteiger partial charge on any atom is 0.137 e. The summed E-state index contributed by atoms with van der Waals surface area (Å²) in [4.78, 5) is 0. The van der Waals surface area contributed by atoms with Crippen molar-refractivity contribution in [2.24, 2.45) is 17.8 Å². The molecule has 0 aromatic heterocycles. The average molecular weight is 383 g/mol. The first kappa shape index (κ1) is 19.6. The number of halogens is 2. The number of rotatable bonds is 4. The van der Waals surface area contributed by atoms with Crippen LogP contribution in [0.15, 0.2) is 36.4 Å². The van der Waals surface area contributed by atoms with Crippen LogP contribution in [0.3, 0.4) is 0 Å². The minimum Gasteiger partial charge on any atom is -0.206 e. The Morgan fingerprint density at radius 3 is 2.61 bits per heavy atom. The van der Waals surface area contributed by atoms with Crippen molar-refractivity contribution >= 4 is 10.8 Å². The minimum absolute atomic E-state index is 0.187. The predicted octanol–water partition coefficient (Wildman–Crippen LogP) is 7.95. The van der Waals surface area contributed by atoms with Crippen LogP contribution in [0, 0.1) is 29.4 Å². The molecule has 0 saturated heterocycles. The van der Waals surface area contributed by atoms with E-state index in [9.17, 15) is 4.39 Å². The quantitative estimate of drug-likeness (QED) is 0.471. The lowest BCUT2D eigenvalue weighted by Crippen LogP contribution is -2.29. The van der Waals surface area contributed by atoms with E-state index in [1.54, 1.807) is 0 Å². The highest BCUT2D eigenvalue weighted by atomic mass is 19.1. The number of aryl methyl sites for hydroxylation is 1. The van der Waals surface area contributed by atoms with Gasteiger partial charge in [0.2, 0.25) is 0 Å². The lowest BCUT2D eigenvalue weighted by atomic mass is 9.64. The second-order valence-electron chi connectivity index (χ2n) is 9.20. The summed E-state index contributed by atoms with van der Waals surface area (Å²) in [6.45, 7) is 4.35. The molecule has 0 heterocycles. The topological polar surface area (TPSA) is 0 Å². The van der Waals surface area contributed by atoms with Crippen LogP contribution in [0.4, 0.5) is 8.78 Å². The summed E-state index contributed by atoms with van der Waals surface area (Å²) in [6.07, 6.45) is 13.0. The molecule has 0 N–H and O–H groups in total. The standard InChI is InChI=1S/C26H32F2/c1-3-4-5-6-18-14-22-11-12-23(26(28)25(22)24(27)15-18)21-10-9-19-13-17(2)7-8-20(19)16-21/h3-4,11-12,14-15,17,19-21H,5-10,13,16H2,1-2H3/b4-3+/t17?,19-,20?,21-/m1/s1. The number of allylic oxidation sites excluding steroid dienone is 2. The van der Waals surface area contributed by atoms with E-state index < -0.39 is 5.82 Å². The van der Waals surface area contributed by atoms with Crippen molar-refractivity contribution in [2.75, 3.05) is 0 Å². The highest BCUT2D eigenvalue weighted by Crippen LogP contribution is 2.48. The molecule has 0 nitrogen and oxygen atoms in total. The van der Waals surface area contributed by atoms with Gasteiger partial charge in [0.1, 0.15) is 11.6 Å². The number of fused-ring (bicyclic) bond motifs is 2. The van der Waals surface area contributed by atoms with Gasteiger partial charge in [0, 0.05) is 0 Å². The van der Waals surface area contributed by atoms with Crippen LogP contribution >= 0.6 is 0 Å². The third-order valence-electron chi connectivity index (χ3n) is 7.25. The molecule has 2 unspecified atom stereocenters. The van der Waals surface area contributed by atoms with Crippen LogP contribution in [-0.2, 0) is 6.42 Å². The van der Waals surface area contributed by atoms with Crippen molar-refractivity contribution in [1.82, 2.24) is 0 Å². The molecule has 28 heavy (non-hydrogen) atoms. The van der Waals surface area contributed by atoms with E-state index in [1.165, 1.54) is 31.7 Å². The summed E-state index contributed by atoms with van der Waals surface area (Å²) < 4.78 is 30.2. The molecule has 0 aliphatic heterocycles. The third kappa shape index (κ3) is 3.88. The molecule has 4 atom stereocenters. The van der Waals surface area contributed by atoms with Gasteiger partial charge in [-0.2, -0.15) is 0 Å². The maximum absolute atomic E-state index is 15.4. The first-order chi connectivity index (χ1) is 13.6.